The van der Waals surface area contributed by atoms with E-state index >= 15 is 0 Å². The smallest absolute Gasteiger partial charge is 0.295 e. The molecular weight excluding hydrogens is 288 g/mol. The molecule has 0 aliphatic heterocycles. The molecule has 0 saturated carbocycles. The zero-order valence-corrected chi connectivity index (χ0v) is 12.2. The summed E-state index contributed by atoms with van der Waals surface area (Å²) in [6, 6.07) is 14.2. The number of imidazole rings is 1. The molecule has 0 aliphatic carbocycles. The van der Waals surface area contributed by atoms with Gasteiger partial charge in [0.25, 0.3) is 0 Å². The molecular formula is C16H13ClN2O2. The van der Waals surface area contributed by atoms with Gasteiger partial charge in [-0.2, -0.15) is 0 Å². The number of nitrogens with zero attached hydrogens (tertiary/aromatic N) is 2. The summed E-state index contributed by atoms with van der Waals surface area (Å²) in [5.74, 6) is -0.143. The molecule has 3 aromatic rings. The predicted octanol–water partition coefficient (Wildman–Crippen LogP) is 2.88. The van der Waals surface area contributed by atoms with Crippen LogP contribution in [-0.2, 0) is 13.6 Å². The highest BCUT2D eigenvalue weighted by Crippen LogP contribution is 2.14. The van der Waals surface area contributed by atoms with E-state index in [0.717, 1.165) is 11.0 Å². The van der Waals surface area contributed by atoms with Gasteiger partial charge in [-0.1, -0.05) is 35.9 Å². The Morgan fingerprint density at radius 1 is 1.10 bits per heavy atom. The van der Waals surface area contributed by atoms with Crippen molar-refractivity contribution in [2.45, 2.75) is 6.54 Å². The van der Waals surface area contributed by atoms with E-state index in [0.29, 0.717) is 10.6 Å². The predicted molar refractivity (Wildman–Crippen MR) is 83.0 cm³/mol. The maximum absolute atomic E-state index is 12.3. The van der Waals surface area contributed by atoms with Crippen molar-refractivity contribution < 1.29 is 4.79 Å². The second-order valence-corrected chi connectivity index (χ2v) is 5.29. The fourth-order valence-corrected chi connectivity index (χ4v) is 2.60. The Labute approximate surface area is 126 Å². The van der Waals surface area contributed by atoms with Crippen LogP contribution in [0.25, 0.3) is 11.0 Å². The molecule has 0 radical (unpaired) electrons. The zero-order chi connectivity index (χ0) is 15.0. The fraction of sp³-hybridized carbons (Fsp3) is 0.125. The zero-order valence-electron chi connectivity index (χ0n) is 11.4. The van der Waals surface area contributed by atoms with Gasteiger partial charge in [-0.15, -0.1) is 0 Å². The molecule has 106 valence electrons. The van der Waals surface area contributed by atoms with E-state index in [9.17, 15) is 9.59 Å². The van der Waals surface area contributed by atoms with E-state index in [4.69, 9.17) is 11.6 Å². The monoisotopic (exact) mass is 300 g/mol. The minimum atomic E-state index is -0.202. The number of ketones is 1. The van der Waals surface area contributed by atoms with Crippen LogP contribution < -0.4 is 5.69 Å². The minimum Gasteiger partial charge on any atom is -0.295 e. The largest absolute Gasteiger partial charge is 0.329 e. The van der Waals surface area contributed by atoms with Gasteiger partial charge < -0.3 is 0 Å². The normalized spacial score (nSPS) is 11.0. The molecule has 3 rings (SSSR count). The lowest BCUT2D eigenvalue weighted by atomic mass is 10.1. The Morgan fingerprint density at radius 2 is 1.81 bits per heavy atom. The summed E-state index contributed by atoms with van der Waals surface area (Å²) in [7, 11) is 1.70. The van der Waals surface area contributed by atoms with E-state index in [-0.39, 0.29) is 18.0 Å². The van der Waals surface area contributed by atoms with E-state index in [1.54, 1.807) is 35.9 Å². The summed E-state index contributed by atoms with van der Waals surface area (Å²) in [5.41, 5.74) is 1.86. The van der Waals surface area contributed by atoms with Gasteiger partial charge in [0.15, 0.2) is 5.78 Å². The van der Waals surface area contributed by atoms with E-state index in [1.165, 1.54) is 4.57 Å². The molecule has 0 unspecified atom stereocenters. The van der Waals surface area contributed by atoms with Crippen LogP contribution in [0.5, 0.6) is 0 Å². The van der Waals surface area contributed by atoms with Crippen LogP contribution in [0.1, 0.15) is 10.4 Å². The summed E-state index contributed by atoms with van der Waals surface area (Å²) in [5, 5.41) is 0.506. The third-order valence-electron chi connectivity index (χ3n) is 3.50. The summed E-state index contributed by atoms with van der Waals surface area (Å²) >= 11 is 5.90. The van der Waals surface area contributed by atoms with Crippen molar-refractivity contribution >= 4 is 28.4 Å². The van der Waals surface area contributed by atoms with Crippen molar-refractivity contribution in [3.05, 3.63) is 69.6 Å². The number of hydrogen-bond acceptors (Lipinski definition) is 2. The number of fused-ring (bicyclic) bond motifs is 1. The molecule has 0 N–H and O–H groups in total. The number of benzene rings is 2. The number of aromatic nitrogens is 2. The Morgan fingerprint density at radius 3 is 2.52 bits per heavy atom. The molecule has 0 atom stereocenters. The fourth-order valence-electron chi connectivity index (χ4n) is 2.41. The van der Waals surface area contributed by atoms with Crippen LogP contribution in [0.2, 0.25) is 5.02 Å². The summed E-state index contributed by atoms with van der Waals surface area (Å²) in [4.78, 5) is 24.6. The number of halogens is 1. The van der Waals surface area contributed by atoms with Gasteiger partial charge >= 0.3 is 5.69 Å². The highest BCUT2D eigenvalue weighted by molar-refractivity contribution is 6.31. The molecule has 0 spiro atoms. The maximum atomic E-state index is 12.3. The molecule has 0 saturated heterocycles. The third-order valence-corrected chi connectivity index (χ3v) is 3.74. The quantitative estimate of drug-likeness (QED) is 0.698. The second-order valence-electron chi connectivity index (χ2n) is 4.85. The molecule has 1 heterocycles. The van der Waals surface area contributed by atoms with Crippen molar-refractivity contribution in [1.82, 2.24) is 9.13 Å². The van der Waals surface area contributed by atoms with Gasteiger partial charge in [0.05, 0.1) is 17.6 Å². The van der Waals surface area contributed by atoms with E-state index in [2.05, 4.69) is 0 Å². The van der Waals surface area contributed by atoms with Gasteiger partial charge in [-0.05, 0) is 24.3 Å². The highest BCUT2D eigenvalue weighted by atomic mass is 35.5. The number of aryl methyl sites for hydroxylation is 1. The van der Waals surface area contributed by atoms with Crippen LogP contribution in [0.15, 0.2) is 53.3 Å². The Balaban J connectivity index is 2.05. The number of para-hydroxylation sites is 2. The first-order chi connectivity index (χ1) is 10.1. The van der Waals surface area contributed by atoms with Crippen molar-refractivity contribution in [2.24, 2.45) is 7.05 Å². The standard InChI is InChI=1S/C16H13ClN2O2/c1-18-13-7-2-3-8-14(13)19(16(18)21)10-15(20)11-5-4-6-12(17)9-11/h2-9H,10H2,1H3. The summed E-state index contributed by atoms with van der Waals surface area (Å²) in [6.45, 7) is 0.000525. The van der Waals surface area contributed by atoms with Crippen LogP contribution in [0.4, 0.5) is 0 Å². The van der Waals surface area contributed by atoms with Gasteiger partial charge in [-0.25, -0.2) is 4.79 Å². The molecule has 21 heavy (non-hydrogen) atoms. The lowest BCUT2D eigenvalue weighted by molar-refractivity contribution is 0.0972. The van der Waals surface area contributed by atoms with E-state index < -0.39 is 0 Å². The minimum absolute atomic E-state index is 0.000525. The summed E-state index contributed by atoms with van der Waals surface area (Å²) < 4.78 is 3.03. The van der Waals surface area contributed by atoms with Gasteiger partial charge in [-0.3, -0.25) is 13.9 Å². The Bertz CT molecular complexity index is 893. The first-order valence-corrected chi connectivity index (χ1v) is 6.89. The first kappa shape index (κ1) is 13.6. The van der Waals surface area contributed by atoms with Crippen molar-refractivity contribution in [2.75, 3.05) is 0 Å². The number of carbonyl (C=O) groups is 1. The first-order valence-electron chi connectivity index (χ1n) is 6.51. The molecule has 2 aromatic carbocycles. The van der Waals surface area contributed by atoms with Gasteiger partial charge in [0, 0.05) is 17.6 Å². The van der Waals surface area contributed by atoms with Crippen LogP contribution >= 0.6 is 11.6 Å². The Kier molecular flexibility index (Phi) is 3.39. The lowest BCUT2D eigenvalue weighted by Crippen LogP contribution is -2.25. The second kappa shape index (κ2) is 5.22. The average molecular weight is 301 g/mol. The number of Topliss-reactive ketones (excluding diaryl/α,β-unsaturated/α-hetero) is 1. The molecule has 0 aliphatic rings. The molecule has 0 amide bonds. The highest BCUT2D eigenvalue weighted by Gasteiger charge is 2.14. The maximum Gasteiger partial charge on any atom is 0.329 e. The molecule has 0 fully saturated rings. The third kappa shape index (κ3) is 2.38. The van der Waals surface area contributed by atoms with Gasteiger partial charge in [0.2, 0.25) is 0 Å². The van der Waals surface area contributed by atoms with Crippen molar-refractivity contribution in [3.8, 4) is 0 Å². The van der Waals surface area contributed by atoms with Crippen LogP contribution in [0, 0.1) is 0 Å². The number of carbonyl (C=O) groups excluding carboxylic acids is 1. The van der Waals surface area contributed by atoms with Crippen LogP contribution in [-0.4, -0.2) is 14.9 Å². The SMILES string of the molecule is Cn1c(=O)n(CC(=O)c2cccc(Cl)c2)c2ccccc21. The van der Waals surface area contributed by atoms with Crippen molar-refractivity contribution in [1.29, 1.82) is 0 Å². The topological polar surface area (TPSA) is 44.0 Å². The number of hydrogen-bond donors (Lipinski definition) is 0. The average Bonchev–Trinajstić information content (AvgIpc) is 2.73. The summed E-state index contributed by atoms with van der Waals surface area (Å²) in [6.07, 6.45) is 0. The lowest BCUT2D eigenvalue weighted by Gasteiger charge is -2.03. The molecule has 5 heteroatoms. The molecule has 1 aromatic heterocycles. The van der Waals surface area contributed by atoms with E-state index in [1.807, 2.05) is 24.3 Å². The van der Waals surface area contributed by atoms with Crippen LogP contribution in [0.3, 0.4) is 0 Å². The number of rotatable bonds is 3. The Hall–Kier alpha value is -2.33. The van der Waals surface area contributed by atoms with Crippen molar-refractivity contribution in [3.63, 3.8) is 0 Å². The molecule has 0 bridgehead atoms. The molecule has 4 nitrogen and oxygen atoms in total. The van der Waals surface area contributed by atoms with Gasteiger partial charge in [0.1, 0.15) is 0 Å².